The highest BCUT2D eigenvalue weighted by atomic mass is 14.7. The third kappa shape index (κ3) is 3.21. The quantitative estimate of drug-likeness (QED) is 0.319. The van der Waals surface area contributed by atoms with E-state index in [2.05, 4.69) is 110 Å². The molecule has 0 aliphatic rings. The van der Waals surface area contributed by atoms with Gasteiger partial charge in [-0.05, 0) is 17.9 Å². The molecule has 138 valence electrons. The van der Waals surface area contributed by atoms with Gasteiger partial charge >= 0.3 is 0 Å². The number of rotatable bonds is 3. The molecule has 5 rings (SSSR count). The van der Waals surface area contributed by atoms with Gasteiger partial charge in [-0.3, -0.25) is 0 Å². The molecule has 1 heterocycles. The van der Waals surface area contributed by atoms with Crippen LogP contribution in [-0.2, 0) is 0 Å². The standard InChI is InChI=1S/C28H21N/c1-20-16-18-23(19-17-20)28-26(21-10-4-2-5-11-21)24-14-8-9-15-25(24)27(29-28)22-12-6-3-7-13-22/h2-19H,1H3. The number of benzene rings is 4. The van der Waals surface area contributed by atoms with Crippen molar-refractivity contribution >= 4 is 10.8 Å². The molecule has 0 saturated heterocycles. The summed E-state index contributed by atoms with van der Waals surface area (Å²) in [6.07, 6.45) is 0. The van der Waals surface area contributed by atoms with Crippen LogP contribution in [0.2, 0.25) is 0 Å². The summed E-state index contributed by atoms with van der Waals surface area (Å²) in [7, 11) is 0. The SMILES string of the molecule is Cc1ccc(-c2nc(-c3ccccc3)c3ccccc3c2-c2ccccc2)cc1. The van der Waals surface area contributed by atoms with Gasteiger partial charge in [-0.1, -0.05) is 115 Å². The van der Waals surface area contributed by atoms with Crippen molar-refractivity contribution in [2.75, 3.05) is 0 Å². The molecule has 1 heteroatoms. The Morgan fingerprint density at radius 2 is 0.966 bits per heavy atom. The Bertz CT molecular complexity index is 1270. The maximum atomic E-state index is 5.25. The molecule has 0 atom stereocenters. The highest BCUT2D eigenvalue weighted by Crippen LogP contribution is 2.40. The fourth-order valence-corrected chi connectivity index (χ4v) is 3.90. The van der Waals surface area contributed by atoms with Crippen LogP contribution in [0.3, 0.4) is 0 Å². The summed E-state index contributed by atoms with van der Waals surface area (Å²) < 4.78 is 0. The molecule has 0 bridgehead atoms. The minimum atomic E-state index is 1.02. The van der Waals surface area contributed by atoms with Gasteiger partial charge in [0.05, 0.1) is 11.4 Å². The Morgan fingerprint density at radius 3 is 1.62 bits per heavy atom. The summed E-state index contributed by atoms with van der Waals surface area (Å²) in [5.41, 5.74) is 7.94. The molecular weight excluding hydrogens is 350 g/mol. The van der Waals surface area contributed by atoms with Gasteiger partial charge < -0.3 is 0 Å². The average Bonchev–Trinajstić information content (AvgIpc) is 2.80. The van der Waals surface area contributed by atoms with E-state index in [-0.39, 0.29) is 0 Å². The molecule has 1 aromatic heterocycles. The molecule has 0 spiro atoms. The van der Waals surface area contributed by atoms with Crippen molar-refractivity contribution in [2.45, 2.75) is 6.92 Å². The van der Waals surface area contributed by atoms with E-state index in [1.165, 1.54) is 27.5 Å². The summed E-state index contributed by atoms with van der Waals surface area (Å²) in [5.74, 6) is 0. The molecular formula is C28H21N. The lowest BCUT2D eigenvalue weighted by Crippen LogP contribution is -1.96. The van der Waals surface area contributed by atoms with Gasteiger partial charge in [0.1, 0.15) is 0 Å². The lowest BCUT2D eigenvalue weighted by Gasteiger charge is -2.17. The number of fused-ring (bicyclic) bond motifs is 1. The zero-order chi connectivity index (χ0) is 19.6. The summed E-state index contributed by atoms with van der Waals surface area (Å²) in [6, 6.07) is 38.3. The number of pyridine rings is 1. The van der Waals surface area contributed by atoms with E-state index in [1.54, 1.807) is 0 Å². The van der Waals surface area contributed by atoms with Gasteiger partial charge in [0.15, 0.2) is 0 Å². The van der Waals surface area contributed by atoms with Crippen molar-refractivity contribution in [3.8, 4) is 33.6 Å². The highest BCUT2D eigenvalue weighted by Gasteiger charge is 2.17. The van der Waals surface area contributed by atoms with E-state index in [1.807, 2.05) is 6.07 Å². The molecule has 1 nitrogen and oxygen atoms in total. The number of aryl methyl sites for hydroxylation is 1. The van der Waals surface area contributed by atoms with E-state index in [0.717, 1.165) is 22.5 Å². The molecule has 0 fully saturated rings. The van der Waals surface area contributed by atoms with Gasteiger partial charge in [-0.25, -0.2) is 4.98 Å². The largest absolute Gasteiger partial charge is 0.246 e. The predicted molar refractivity (Wildman–Crippen MR) is 123 cm³/mol. The van der Waals surface area contributed by atoms with E-state index < -0.39 is 0 Å². The minimum absolute atomic E-state index is 1.02. The summed E-state index contributed by atoms with van der Waals surface area (Å²) in [5, 5.41) is 2.40. The minimum Gasteiger partial charge on any atom is -0.246 e. The van der Waals surface area contributed by atoms with Crippen LogP contribution in [0, 0.1) is 6.92 Å². The summed E-state index contributed by atoms with van der Waals surface area (Å²) >= 11 is 0. The first-order chi connectivity index (χ1) is 14.3. The third-order valence-corrected chi connectivity index (χ3v) is 5.35. The molecule has 0 amide bonds. The zero-order valence-electron chi connectivity index (χ0n) is 16.3. The van der Waals surface area contributed by atoms with Gasteiger partial charge in [0.25, 0.3) is 0 Å². The molecule has 4 aromatic carbocycles. The molecule has 0 unspecified atom stereocenters. The summed E-state index contributed by atoms with van der Waals surface area (Å²) in [6.45, 7) is 2.12. The Labute approximate surface area is 171 Å². The first-order valence-corrected chi connectivity index (χ1v) is 9.92. The smallest absolute Gasteiger partial charge is 0.0794 e. The van der Waals surface area contributed by atoms with Crippen molar-refractivity contribution in [3.05, 3.63) is 115 Å². The van der Waals surface area contributed by atoms with E-state index in [4.69, 9.17) is 4.98 Å². The zero-order valence-corrected chi connectivity index (χ0v) is 16.3. The van der Waals surface area contributed by atoms with Crippen LogP contribution >= 0.6 is 0 Å². The maximum absolute atomic E-state index is 5.25. The van der Waals surface area contributed by atoms with Gasteiger partial charge in [0, 0.05) is 22.1 Å². The van der Waals surface area contributed by atoms with Crippen LogP contribution in [0.5, 0.6) is 0 Å². The summed E-state index contributed by atoms with van der Waals surface area (Å²) in [4.78, 5) is 5.25. The van der Waals surface area contributed by atoms with Crippen molar-refractivity contribution in [1.82, 2.24) is 4.98 Å². The van der Waals surface area contributed by atoms with Gasteiger partial charge in [-0.15, -0.1) is 0 Å². The third-order valence-electron chi connectivity index (χ3n) is 5.35. The van der Waals surface area contributed by atoms with Crippen LogP contribution < -0.4 is 0 Å². The number of nitrogens with zero attached hydrogens (tertiary/aromatic N) is 1. The van der Waals surface area contributed by atoms with Crippen molar-refractivity contribution < 1.29 is 0 Å². The highest BCUT2D eigenvalue weighted by molar-refractivity contribution is 6.08. The van der Waals surface area contributed by atoms with Crippen LogP contribution in [0.25, 0.3) is 44.4 Å². The molecule has 5 aromatic rings. The second-order valence-electron chi connectivity index (χ2n) is 7.33. The first kappa shape index (κ1) is 17.4. The molecule has 0 radical (unpaired) electrons. The normalized spacial score (nSPS) is 10.9. The molecule has 0 aliphatic carbocycles. The Hall–Kier alpha value is -3.71. The van der Waals surface area contributed by atoms with Gasteiger partial charge in [-0.2, -0.15) is 0 Å². The second kappa shape index (κ2) is 7.37. The molecule has 0 N–H and O–H groups in total. The lowest BCUT2D eigenvalue weighted by molar-refractivity contribution is 1.34. The Morgan fingerprint density at radius 1 is 0.448 bits per heavy atom. The maximum Gasteiger partial charge on any atom is 0.0794 e. The fourth-order valence-electron chi connectivity index (χ4n) is 3.90. The van der Waals surface area contributed by atoms with Crippen LogP contribution in [0.15, 0.2) is 109 Å². The topological polar surface area (TPSA) is 12.9 Å². The Kier molecular flexibility index (Phi) is 4.42. The van der Waals surface area contributed by atoms with Crippen LogP contribution in [-0.4, -0.2) is 4.98 Å². The lowest BCUT2D eigenvalue weighted by atomic mass is 9.91. The molecule has 0 aliphatic heterocycles. The monoisotopic (exact) mass is 371 g/mol. The fraction of sp³-hybridized carbons (Fsp3) is 0.0357. The van der Waals surface area contributed by atoms with E-state index in [0.29, 0.717) is 0 Å². The van der Waals surface area contributed by atoms with Crippen molar-refractivity contribution in [2.24, 2.45) is 0 Å². The second-order valence-corrected chi connectivity index (χ2v) is 7.33. The van der Waals surface area contributed by atoms with E-state index in [9.17, 15) is 0 Å². The van der Waals surface area contributed by atoms with Crippen molar-refractivity contribution in [1.29, 1.82) is 0 Å². The van der Waals surface area contributed by atoms with E-state index >= 15 is 0 Å². The number of hydrogen-bond acceptors (Lipinski definition) is 1. The van der Waals surface area contributed by atoms with Gasteiger partial charge in [0.2, 0.25) is 0 Å². The predicted octanol–water partition coefficient (Wildman–Crippen LogP) is 7.54. The Balaban J connectivity index is 1.91. The molecule has 0 saturated carbocycles. The number of hydrogen-bond donors (Lipinski definition) is 0. The first-order valence-electron chi connectivity index (χ1n) is 9.92. The number of aromatic nitrogens is 1. The van der Waals surface area contributed by atoms with Crippen LogP contribution in [0.4, 0.5) is 0 Å². The van der Waals surface area contributed by atoms with Crippen molar-refractivity contribution in [3.63, 3.8) is 0 Å². The molecule has 29 heavy (non-hydrogen) atoms. The van der Waals surface area contributed by atoms with Crippen LogP contribution in [0.1, 0.15) is 5.56 Å². The average molecular weight is 371 g/mol.